The molecular formula is C13H20ClN3O. The van der Waals surface area contributed by atoms with E-state index in [0.717, 1.165) is 30.8 Å². The normalized spacial score (nSPS) is 19.3. The summed E-state index contributed by atoms with van der Waals surface area (Å²) in [6.07, 6.45) is 0.984. The second kappa shape index (κ2) is 6.73. The highest BCUT2D eigenvalue weighted by molar-refractivity contribution is 5.92. The minimum absolute atomic E-state index is 0. The fraction of sp³-hybridized carbons (Fsp3) is 0.462. The smallest absolute Gasteiger partial charge is 0.238 e. The molecule has 1 saturated heterocycles. The van der Waals surface area contributed by atoms with Gasteiger partial charge in [-0.3, -0.25) is 9.69 Å². The summed E-state index contributed by atoms with van der Waals surface area (Å²) in [6, 6.07) is 8.02. The van der Waals surface area contributed by atoms with Crippen molar-refractivity contribution in [2.75, 3.05) is 25.0 Å². The molecule has 0 radical (unpaired) electrons. The van der Waals surface area contributed by atoms with E-state index in [2.05, 4.69) is 10.2 Å². The van der Waals surface area contributed by atoms with Crippen molar-refractivity contribution in [3.8, 4) is 0 Å². The van der Waals surface area contributed by atoms with Crippen LogP contribution in [0.4, 0.5) is 5.69 Å². The van der Waals surface area contributed by atoms with E-state index >= 15 is 0 Å². The number of likely N-dealkylation sites (tertiary alicyclic amines) is 1. The van der Waals surface area contributed by atoms with E-state index in [1.165, 1.54) is 0 Å². The summed E-state index contributed by atoms with van der Waals surface area (Å²) in [5, 5.41) is 2.93. The summed E-state index contributed by atoms with van der Waals surface area (Å²) in [5.41, 5.74) is 7.78. The molecule has 1 fully saturated rings. The number of benzene rings is 1. The van der Waals surface area contributed by atoms with Crippen LogP contribution in [-0.4, -0.2) is 36.5 Å². The predicted octanol–water partition coefficient (Wildman–Crippen LogP) is 1.39. The maximum absolute atomic E-state index is 11.8. The predicted molar refractivity (Wildman–Crippen MR) is 76.1 cm³/mol. The molecule has 1 aliphatic heterocycles. The monoisotopic (exact) mass is 269 g/mol. The average molecular weight is 270 g/mol. The van der Waals surface area contributed by atoms with Gasteiger partial charge in [0.2, 0.25) is 5.91 Å². The molecule has 3 N–H and O–H groups in total. The van der Waals surface area contributed by atoms with E-state index in [0.29, 0.717) is 6.54 Å². The lowest BCUT2D eigenvalue weighted by atomic mass is 10.2. The third-order valence-corrected chi connectivity index (χ3v) is 3.10. The zero-order valence-corrected chi connectivity index (χ0v) is 11.4. The molecule has 0 aliphatic carbocycles. The summed E-state index contributed by atoms with van der Waals surface area (Å²) >= 11 is 0. The molecule has 1 amide bonds. The van der Waals surface area contributed by atoms with Crippen LogP contribution in [0.2, 0.25) is 0 Å². The number of amides is 1. The highest BCUT2D eigenvalue weighted by atomic mass is 35.5. The molecule has 0 bridgehead atoms. The van der Waals surface area contributed by atoms with Crippen LogP contribution in [0.25, 0.3) is 0 Å². The Balaban J connectivity index is 0.00000162. The van der Waals surface area contributed by atoms with Crippen LogP contribution in [0.15, 0.2) is 24.3 Å². The van der Waals surface area contributed by atoms with Gasteiger partial charge in [-0.05, 0) is 25.0 Å². The molecule has 5 heteroatoms. The highest BCUT2D eigenvalue weighted by Crippen LogP contribution is 2.13. The summed E-state index contributed by atoms with van der Waals surface area (Å²) in [5.74, 6) is 0.0356. The number of carbonyl (C=O) groups excluding carboxylic acids is 1. The lowest BCUT2D eigenvalue weighted by Gasteiger charge is -2.15. The van der Waals surface area contributed by atoms with Gasteiger partial charge >= 0.3 is 0 Å². The van der Waals surface area contributed by atoms with Gasteiger partial charge in [-0.2, -0.15) is 0 Å². The van der Waals surface area contributed by atoms with Gasteiger partial charge in [0.1, 0.15) is 0 Å². The van der Waals surface area contributed by atoms with Crippen molar-refractivity contribution in [1.29, 1.82) is 0 Å². The first-order valence-electron chi connectivity index (χ1n) is 5.98. The van der Waals surface area contributed by atoms with Gasteiger partial charge < -0.3 is 11.1 Å². The average Bonchev–Trinajstić information content (AvgIpc) is 2.67. The minimum Gasteiger partial charge on any atom is -0.326 e. The fourth-order valence-electron chi connectivity index (χ4n) is 2.11. The van der Waals surface area contributed by atoms with Crippen molar-refractivity contribution in [2.24, 2.45) is 5.73 Å². The zero-order chi connectivity index (χ0) is 12.3. The van der Waals surface area contributed by atoms with Gasteiger partial charge in [0.25, 0.3) is 0 Å². The van der Waals surface area contributed by atoms with Crippen molar-refractivity contribution < 1.29 is 4.79 Å². The molecule has 1 aromatic carbocycles. The van der Waals surface area contributed by atoms with Gasteiger partial charge in [-0.15, -0.1) is 12.4 Å². The van der Waals surface area contributed by atoms with Crippen LogP contribution in [0.3, 0.4) is 0 Å². The third-order valence-electron chi connectivity index (χ3n) is 3.10. The molecule has 0 saturated carbocycles. The zero-order valence-electron chi connectivity index (χ0n) is 10.6. The van der Waals surface area contributed by atoms with Gasteiger partial charge in [-0.25, -0.2) is 0 Å². The molecule has 0 aromatic heterocycles. The van der Waals surface area contributed by atoms with Crippen molar-refractivity contribution in [2.45, 2.75) is 19.4 Å². The van der Waals surface area contributed by atoms with E-state index in [4.69, 9.17) is 5.73 Å². The van der Waals surface area contributed by atoms with Crippen molar-refractivity contribution in [3.05, 3.63) is 29.8 Å². The first kappa shape index (κ1) is 15.0. The molecular weight excluding hydrogens is 250 g/mol. The third kappa shape index (κ3) is 3.98. The molecule has 0 spiro atoms. The number of hydrogen-bond acceptors (Lipinski definition) is 3. The maximum atomic E-state index is 11.8. The van der Waals surface area contributed by atoms with Crippen molar-refractivity contribution in [1.82, 2.24) is 4.90 Å². The molecule has 0 unspecified atom stereocenters. The van der Waals surface area contributed by atoms with Gasteiger partial charge in [0, 0.05) is 24.8 Å². The standard InChI is InChI=1S/C13H19N3O.ClH/c1-10-4-2-3-5-12(10)15-13(17)9-16-7-6-11(14)8-16;/h2-5,11H,6-9,14H2,1H3,(H,15,17);1H/t11-;/m1./s1. The summed E-state index contributed by atoms with van der Waals surface area (Å²) in [4.78, 5) is 13.9. The Kier molecular flexibility index (Phi) is 5.59. The van der Waals surface area contributed by atoms with E-state index in [1.807, 2.05) is 31.2 Å². The number of anilines is 1. The molecule has 1 aliphatic rings. The van der Waals surface area contributed by atoms with Crippen LogP contribution in [0.1, 0.15) is 12.0 Å². The number of carbonyl (C=O) groups is 1. The number of halogens is 1. The number of para-hydroxylation sites is 1. The van der Waals surface area contributed by atoms with E-state index in [-0.39, 0.29) is 24.4 Å². The van der Waals surface area contributed by atoms with E-state index in [1.54, 1.807) is 0 Å². The molecule has 18 heavy (non-hydrogen) atoms. The number of nitrogens with one attached hydrogen (secondary N) is 1. The van der Waals surface area contributed by atoms with E-state index in [9.17, 15) is 4.79 Å². The highest BCUT2D eigenvalue weighted by Gasteiger charge is 2.20. The van der Waals surface area contributed by atoms with Crippen molar-refractivity contribution >= 4 is 24.0 Å². The Morgan fingerprint density at radius 2 is 2.22 bits per heavy atom. The van der Waals surface area contributed by atoms with Crippen LogP contribution in [-0.2, 0) is 4.79 Å². The van der Waals surface area contributed by atoms with Crippen LogP contribution >= 0.6 is 12.4 Å². The lowest BCUT2D eigenvalue weighted by molar-refractivity contribution is -0.117. The minimum atomic E-state index is 0. The molecule has 2 rings (SSSR count). The Bertz CT molecular complexity index is 411. The maximum Gasteiger partial charge on any atom is 0.238 e. The number of aryl methyl sites for hydroxylation is 1. The first-order valence-corrected chi connectivity index (χ1v) is 5.98. The molecule has 100 valence electrons. The fourth-order valence-corrected chi connectivity index (χ4v) is 2.11. The van der Waals surface area contributed by atoms with Crippen LogP contribution < -0.4 is 11.1 Å². The van der Waals surface area contributed by atoms with Gasteiger partial charge in [0.05, 0.1) is 6.54 Å². The summed E-state index contributed by atoms with van der Waals surface area (Å²) in [6.45, 7) is 4.16. The van der Waals surface area contributed by atoms with Gasteiger partial charge in [0.15, 0.2) is 0 Å². The summed E-state index contributed by atoms with van der Waals surface area (Å²) < 4.78 is 0. The Morgan fingerprint density at radius 1 is 1.50 bits per heavy atom. The second-order valence-corrected chi connectivity index (χ2v) is 4.65. The topological polar surface area (TPSA) is 58.4 Å². The Labute approximate surface area is 114 Å². The lowest BCUT2D eigenvalue weighted by Crippen LogP contribution is -2.33. The quantitative estimate of drug-likeness (QED) is 0.872. The van der Waals surface area contributed by atoms with Crippen LogP contribution in [0, 0.1) is 6.92 Å². The Hall–Kier alpha value is -1.10. The number of rotatable bonds is 3. The number of hydrogen-bond donors (Lipinski definition) is 2. The molecule has 4 nitrogen and oxygen atoms in total. The van der Waals surface area contributed by atoms with Gasteiger partial charge in [-0.1, -0.05) is 18.2 Å². The number of nitrogens with two attached hydrogens (primary N) is 1. The first-order chi connectivity index (χ1) is 8.15. The van der Waals surface area contributed by atoms with Crippen molar-refractivity contribution in [3.63, 3.8) is 0 Å². The largest absolute Gasteiger partial charge is 0.326 e. The second-order valence-electron chi connectivity index (χ2n) is 4.65. The number of nitrogens with zero attached hydrogens (tertiary/aromatic N) is 1. The molecule has 1 atom stereocenters. The SMILES string of the molecule is Cc1ccccc1NC(=O)CN1CC[C@@H](N)C1.Cl. The molecule has 1 heterocycles. The van der Waals surface area contributed by atoms with Crippen LogP contribution in [0.5, 0.6) is 0 Å². The van der Waals surface area contributed by atoms with E-state index < -0.39 is 0 Å². The Morgan fingerprint density at radius 3 is 2.83 bits per heavy atom. The molecule has 1 aromatic rings. The summed E-state index contributed by atoms with van der Waals surface area (Å²) in [7, 11) is 0.